The van der Waals surface area contributed by atoms with Crippen molar-refractivity contribution in [1.82, 2.24) is 0 Å². The van der Waals surface area contributed by atoms with E-state index >= 15 is 0 Å². The maximum absolute atomic E-state index is 11.4. The second-order valence-corrected chi connectivity index (χ2v) is 3.27. The lowest BCUT2D eigenvalue weighted by atomic mass is 10.1. The lowest BCUT2D eigenvalue weighted by Gasteiger charge is -1.99. The van der Waals surface area contributed by atoms with Crippen LogP contribution in [-0.4, -0.2) is 11.7 Å². The standard InChI is InChI=1S/C12H13ClO/c1-2-12(14)11-7-3-5-10(9-11)6-4-8-13/h3-7,9H,2,8H2,1H3. The molecule has 1 aromatic carbocycles. The summed E-state index contributed by atoms with van der Waals surface area (Å²) in [5.74, 6) is 0.664. The molecule has 0 heterocycles. The average Bonchev–Trinajstić information content (AvgIpc) is 2.25. The number of benzene rings is 1. The maximum Gasteiger partial charge on any atom is 0.162 e. The third-order valence-electron chi connectivity index (χ3n) is 1.93. The van der Waals surface area contributed by atoms with Crippen LogP contribution in [0.2, 0.25) is 0 Å². The highest BCUT2D eigenvalue weighted by Gasteiger charge is 2.01. The molecule has 1 aromatic rings. The summed E-state index contributed by atoms with van der Waals surface area (Å²) in [4.78, 5) is 11.4. The smallest absolute Gasteiger partial charge is 0.162 e. The number of ketones is 1. The van der Waals surface area contributed by atoms with Crippen molar-refractivity contribution in [2.45, 2.75) is 13.3 Å². The van der Waals surface area contributed by atoms with E-state index in [1.807, 2.05) is 43.3 Å². The summed E-state index contributed by atoms with van der Waals surface area (Å²) in [7, 11) is 0. The van der Waals surface area contributed by atoms with Crippen LogP contribution in [0, 0.1) is 0 Å². The lowest BCUT2D eigenvalue weighted by Crippen LogP contribution is -1.95. The summed E-state index contributed by atoms with van der Waals surface area (Å²) >= 11 is 5.53. The molecule has 0 atom stereocenters. The first-order chi connectivity index (χ1) is 6.77. The Morgan fingerprint density at radius 2 is 2.29 bits per heavy atom. The highest BCUT2D eigenvalue weighted by atomic mass is 35.5. The van der Waals surface area contributed by atoms with Crippen LogP contribution in [-0.2, 0) is 0 Å². The van der Waals surface area contributed by atoms with Gasteiger partial charge < -0.3 is 0 Å². The van der Waals surface area contributed by atoms with Gasteiger partial charge in [0.25, 0.3) is 0 Å². The van der Waals surface area contributed by atoms with E-state index in [1.165, 1.54) is 0 Å². The second-order valence-electron chi connectivity index (χ2n) is 2.96. The number of hydrogen-bond acceptors (Lipinski definition) is 1. The van der Waals surface area contributed by atoms with Crippen LogP contribution in [0.5, 0.6) is 0 Å². The Bertz CT molecular complexity index is 342. The van der Waals surface area contributed by atoms with Gasteiger partial charge in [-0.15, -0.1) is 11.6 Å². The molecule has 1 rings (SSSR count). The van der Waals surface area contributed by atoms with E-state index in [9.17, 15) is 4.79 Å². The number of hydrogen-bond donors (Lipinski definition) is 0. The monoisotopic (exact) mass is 208 g/mol. The molecule has 0 aliphatic carbocycles. The van der Waals surface area contributed by atoms with E-state index in [2.05, 4.69) is 0 Å². The van der Waals surface area contributed by atoms with Gasteiger partial charge in [0.15, 0.2) is 5.78 Å². The van der Waals surface area contributed by atoms with E-state index < -0.39 is 0 Å². The topological polar surface area (TPSA) is 17.1 Å². The minimum absolute atomic E-state index is 0.172. The van der Waals surface area contributed by atoms with Crippen LogP contribution in [0.25, 0.3) is 6.08 Å². The van der Waals surface area contributed by atoms with E-state index in [-0.39, 0.29) is 5.78 Å². The Morgan fingerprint density at radius 1 is 1.50 bits per heavy atom. The van der Waals surface area contributed by atoms with E-state index in [4.69, 9.17) is 11.6 Å². The molecule has 1 nitrogen and oxygen atoms in total. The molecule has 74 valence electrons. The molecule has 14 heavy (non-hydrogen) atoms. The van der Waals surface area contributed by atoms with Crippen LogP contribution in [0.15, 0.2) is 30.3 Å². The fourth-order valence-corrected chi connectivity index (χ4v) is 1.29. The number of Topliss-reactive ketones (excluding diaryl/α,β-unsaturated/α-hetero) is 1. The number of rotatable bonds is 4. The summed E-state index contributed by atoms with van der Waals surface area (Å²) in [6, 6.07) is 7.56. The predicted molar refractivity (Wildman–Crippen MR) is 60.8 cm³/mol. The molecule has 0 fully saturated rings. The molecule has 0 amide bonds. The van der Waals surface area contributed by atoms with Crippen molar-refractivity contribution in [3.8, 4) is 0 Å². The Balaban J connectivity index is 2.89. The van der Waals surface area contributed by atoms with Crippen molar-refractivity contribution in [1.29, 1.82) is 0 Å². The van der Waals surface area contributed by atoms with E-state index in [0.717, 1.165) is 11.1 Å². The molecule has 0 N–H and O–H groups in total. The van der Waals surface area contributed by atoms with Gasteiger partial charge in [-0.1, -0.05) is 37.3 Å². The highest BCUT2D eigenvalue weighted by Crippen LogP contribution is 2.09. The van der Waals surface area contributed by atoms with Crippen LogP contribution < -0.4 is 0 Å². The molecule has 0 spiro atoms. The maximum atomic E-state index is 11.4. The van der Waals surface area contributed by atoms with Crippen molar-refractivity contribution >= 4 is 23.5 Å². The zero-order chi connectivity index (χ0) is 10.4. The average molecular weight is 209 g/mol. The lowest BCUT2D eigenvalue weighted by molar-refractivity contribution is 0.0988. The number of allylic oxidation sites excluding steroid dienone is 1. The molecule has 0 unspecified atom stereocenters. The number of halogens is 1. The summed E-state index contributed by atoms with van der Waals surface area (Å²) in [5, 5.41) is 0. The van der Waals surface area contributed by atoms with Crippen molar-refractivity contribution in [2.24, 2.45) is 0 Å². The third kappa shape index (κ3) is 3.00. The van der Waals surface area contributed by atoms with Gasteiger partial charge >= 0.3 is 0 Å². The van der Waals surface area contributed by atoms with Gasteiger partial charge in [0.1, 0.15) is 0 Å². The van der Waals surface area contributed by atoms with Gasteiger partial charge in [0.05, 0.1) is 0 Å². The SMILES string of the molecule is CCC(=O)c1cccc(C=CCCl)c1. The molecular formula is C12H13ClO. The zero-order valence-electron chi connectivity index (χ0n) is 8.16. The van der Waals surface area contributed by atoms with Crippen LogP contribution >= 0.6 is 11.6 Å². The molecular weight excluding hydrogens is 196 g/mol. The minimum atomic E-state index is 0.172. The molecule has 2 heteroatoms. The molecule has 0 aromatic heterocycles. The van der Waals surface area contributed by atoms with Crippen molar-refractivity contribution < 1.29 is 4.79 Å². The van der Waals surface area contributed by atoms with Crippen LogP contribution in [0.1, 0.15) is 29.3 Å². The molecule has 0 saturated heterocycles. The molecule has 0 bridgehead atoms. The van der Waals surface area contributed by atoms with Gasteiger partial charge in [-0.05, 0) is 11.6 Å². The van der Waals surface area contributed by atoms with Gasteiger partial charge in [0, 0.05) is 17.9 Å². The fraction of sp³-hybridized carbons (Fsp3) is 0.250. The number of carbonyl (C=O) groups excluding carboxylic acids is 1. The Labute approximate surface area is 89.4 Å². The quantitative estimate of drug-likeness (QED) is 0.547. The predicted octanol–water partition coefficient (Wildman–Crippen LogP) is 3.53. The number of carbonyl (C=O) groups is 1. The van der Waals surface area contributed by atoms with Gasteiger partial charge in [-0.3, -0.25) is 4.79 Å². The summed E-state index contributed by atoms with van der Waals surface area (Å²) in [6.07, 6.45) is 4.32. The van der Waals surface area contributed by atoms with Gasteiger partial charge in [-0.25, -0.2) is 0 Å². The van der Waals surface area contributed by atoms with Crippen molar-refractivity contribution in [2.75, 3.05) is 5.88 Å². The first-order valence-electron chi connectivity index (χ1n) is 4.63. The Kier molecular flexibility index (Phi) is 4.41. The first kappa shape index (κ1) is 11.0. The molecule has 0 aliphatic rings. The van der Waals surface area contributed by atoms with Crippen molar-refractivity contribution in [3.05, 3.63) is 41.5 Å². The number of alkyl halides is 1. The zero-order valence-corrected chi connectivity index (χ0v) is 8.92. The van der Waals surface area contributed by atoms with Crippen LogP contribution in [0.4, 0.5) is 0 Å². The van der Waals surface area contributed by atoms with E-state index in [1.54, 1.807) is 0 Å². The normalized spacial score (nSPS) is 10.7. The molecule has 0 radical (unpaired) electrons. The molecule has 0 saturated carbocycles. The first-order valence-corrected chi connectivity index (χ1v) is 5.17. The largest absolute Gasteiger partial charge is 0.294 e. The van der Waals surface area contributed by atoms with Crippen molar-refractivity contribution in [3.63, 3.8) is 0 Å². The van der Waals surface area contributed by atoms with Crippen LogP contribution in [0.3, 0.4) is 0 Å². The highest BCUT2D eigenvalue weighted by molar-refractivity contribution is 6.19. The third-order valence-corrected chi connectivity index (χ3v) is 2.11. The Morgan fingerprint density at radius 3 is 2.93 bits per heavy atom. The molecule has 0 aliphatic heterocycles. The fourth-order valence-electron chi connectivity index (χ4n) is 1.20. The summed E-state index contributed by atoms with van der Waals surface area (Å²) in [5.41, 5.74) is 1.79. The van der Waals surface area contributed by atoms with Gasteiger partial charge in [-0.2, -0.15) is 0 Å². The summed E-state index contributed by atoms with van der Waals surface area (Å²) in [6.45, 7) is 1.86. The van der Waals surface area contributed by atoms with E-state index in [0.29, 0.717) is 12.3 Å². The second kappa shape index (κ2) is 5.61. The minimum Gasteiger partial charge on any atom is -0.294 e. The summed E-state index contributed by atoms with van der Waals surface area (Å²) < 4.78 is 0. The van der Waals surface area contributed by atoms with Gasteiger partial charge in [0.2, 0.25) is 0 Å². The Hall–Kier alpha value is -1.08.